The van der Waals surface area contributed by atoms with Crippen molar-refractivity contribution < 1.29 is 23.9 Å². The molecule has 0 aromatic heterocycles. The Morgan fingerprint density at radius 1 is 1.00 bits per heavy atom. The maximum absolute atomic E-state index is 13.9. The van der Waals surface area contributed by atoms with Gasteiger partial charge in [0, 0.05) is 25.2 Å². The lowest BCUT2D eigenvalue weighted by molar-refractivity contribution is -0.143. The summed E-state index contributed by atoms with van der Waals surface area (Å²) in [7, 11) is 0. The highest BCUT2D eigenvalue weighted by Gasteiger charge is 2.41. The standard InChI is InChI=1S/C27H41N3O5/c1-19-16-29(26(33)35-27(3,4)5)17-20(2)30(19)24(31)23(22-14-10-7-11-15-22)28-25(32)34-18-21-12-8-6-9-13-21/h6,8-9,12-13,19-20,22-23H,7,10-11,14-18H2,1-5H3,(H,28,32)/t19-,20+,23-/m1/s1. The molecule has 1 aliphatic carbocycles. The number of rotatable bonds is 5. The number of ether oxygens (including phenoxy) is 2. The summed E-state index contributed by atoms with van der Waals surface area (Å²) in [5, 5.41) is 2.90. The topological polar surface area (TPSA) is 88.2 Å². The molecule has 1 aromatic carbocycles. The van der Waals surface area contributed by atoms with E-state index in [0.29, 0.717) is 13.1 Å². The van der Waals surface area contributed by atoms with Crippen molar-refractivity contribution in [2.75, 3.05) is 13.1 Å². The van der Waals surface area contributed by atoms with Crippen LogP contribution in [-0.2, 0) is 20.9 Å². The fourth-order valence-electron chi connectivity index (χ4n) is 5.13. The normalized spacial score (nSPS) is 22.3. The summed E-state index contributed by atoms with van der Waals surface area (Å²) in [4.78, 5) is 42.7. The molecular formula is C27H41N3O5. The van der Waals surface area contributed by atoms with E-state index in [1.807, 2.05) is 69.9 Å². The van der Waals surface area contributed by atoms with E-state index in [1.54, 1.807) is 4.90 Å². The van der Waals surface area contributed by atoms with Gasteiger partial charge in [0.15, 0.2) is 0 Å². The number of benzene rings is 1. The third-order valence-corrected chi connectivity index (χ3v) is 6.70. The second kappa shape index (κ2) is 11.8. The second-order valence-corrected chi connectivity index (χ2v) is 10.9. The van der Waals surface area contributed by atoms with Gasteiger partial charge in [-0.15, -0.1) is 0 Å². The summed E-state index contributed by atoms with van der Waals surface area (Å²) in [6, 6.07) is 8.44. The van der Waals surface area contributed by atoms with Gasteiger partial charge in [0.25, 0.3) is 0 Å². The van der Waals surface area contributed by atoms with Gasteiger partial charge in [0.1, 0.15) is 18.2 Å². The van der Waals surface area contributed by atoms with Gasteiger partial charge < -0.3 is 24.6 Å². The molecule has 1 aromatic rings. The molecule has 8 heteroatoms. The van der Waals surface area contributed by atoms with Crippen LogP contribution < -0.4 is 5.32 Å². The minimum atomic E-state index is -0.642. The molecule has 1 aliphatic heterocycles. The number of amides is 3. The van der Waals surface area contributed by atoms with Crippen molar-refractivity contribution in [3.05, 3.63) is 35.9 Å². The van der Waals surface area contributed by atoms with Gasteiger partial charge in [-0.25, -0.2) is 9.59 Å². The SMILES string of the molecule is C[C@@H]1CN(C(=O)OC(C)(C)C)C[C@H](C)N1C(=O)[C@H](NC(=O)OCc1ccccc1)C1CCCCC1. The first-order valence-corrected chi connectivity index (χ1v) is 12.8. The van der Waals surface area contributed by atoms with Gasteiger partial charge in [-0.3, -0.25) is 4.79 Å². The highest BCUT2D eigenvalue weighted by molar-refractivity contribution is 5.87. The van der Waals surface area contributed by atoms with Crippen molar-refractivity contribution in [1.29, 1.82) is 0 Å². The minimum Gasteiger partial charge on any atom is -0.445 e. The van der Waals surface area contributed by atoms with E-state index in [0.717, 1.165) is 37.7 Å². The highest BCUT2D eigenvalue weighted by Crippen LogP contribution is 2.29. The van der Waals surface area contributed by atoms with E-state index in [4.69, 9.17) is 9.47 Å². The van der Waals surface area contributed by atoms with Crippen LogP contribution in [0.25, 0.3) is 0 Å². The summed E-state index contributed by atoms with van der Waals surface area (Å²) < 4.78 is 11.0. The van der Waals surface area contributed by atoms with Gasteiger partial charge in [0.2, 0.25) is 5.91 Å². The number of piperazine rings is 1. The molecule has 1 heterocycles. The van der Waals surface area contributed by atoms with Crippen molar-refractivity contribution in [2.24, 2.45) is 5.92 Å². The summed E-state index contributed by atoms with van der Waals surface area (Å²) in [6.45, 7) is 10.3. The molecule has 2 aliphatic rings. The van der Waals surface area contributed by atoms with E-state index in [-0.39, 0.29) is 36.6 Å². The molecule has 3 amide bonds. The first-order chi connectivity index (χ1) is 16.5. The molecule has 194 valence electrons. The third-order valence-electron chi connectivity index (χ3n) is 6.70. The van der Waals surface area contributed by atoms with Crippen LogP contribution in [0.15, 0.2) is 30.3 Å². The zero-order valence-electron chi connectivity index (χ0n) is 21.8. The number of carbonyl (C=O) groups excluding carboxylic acids is 3. The molecule has 0 radical (unpaired) electrons. The Morgan fingerprint density at radius 2 is 1.60 bits per heavy atom. The van der Waals surface area contributed by atoms with Crippen LogP contribution in [0, 0.1) is 5.92 Å². The van der Waals surface area contributed by atoms with Crippen LogP contribution in [0.4, 0.5) is 9.59 Å². The quantitative estimate of drug-likeness (QED) is 0.649. The van der Waals surface area contributed by atoms with Crippen molar-refractivity contribution in [3.8, 4) is 0 Å². The van der Waals surface area contributed by atoms with Gasteiger partial charge in [-0.1, -0.05) is 49.6 Å². The number of hydrogen-bond donors (Lipinski definition) is 1. The summed E-state index contributed by atoms with van der Waals surface area (Å²) in [5.41, 5.74) is 0.316. The van der Waals surface area contributed by atoms with Crippen LogP contribution >= 0.6 is 0 Å². The summed E-state index contributed by atoms with van der Waals surface area (Å²) in [6.07, 6.45) is 4.10. The smallest absolute Gasteiger partial charge is 0.410 e. The number of alkyl carbamates (subject to hydrolysis) is 1. The van der Waals surface area contributed by atoms with Crippen LogP contribution in [0.3, 0.4) is 0 Å². The van der Waals surface area contributed by atoms with Gasteiger partial charge in [-0.05, 0) is 58.9 Å². The molecule has 8 nitrogen and oxygen atoms in total. The Labute approximate surface area is 209 Å². The fourth-order valence-corrected chi connectivity index (χ4v) is 5.13. The molecule has 2 fully saturated rings. The van der Waals surface area contributed by atoms with E-state index in [1.165, 1.54) is 0 Å². The van der Waals surface area contributed by atoms with Crippen molar-refractivity contribution >= 4 is 18.1 Å². The molecular weight excluding hydrogens is 446 g/mol. The Balaban J connectivity index is 1.68. The molecule has 0 spiro atoms. The molecule has 35 heavy (non-hydrogen) atoms. The Bertz CT molecular complexity index is 851. The van der Waals surface area contributed by atoms with Crippen molar-refractivity contribution in [3.63, 3.8) is 0 Å². The first-order valence-electron chi connectivity index (χ1n) is 12.8. The predicted octanol–water partition coefficient (Wildman–Crippen LogP) is 4.72. The maximum atomic E-state index is 13.9. The number of carbonyl (C=O) groups is 3. The molecule has 1 saturated heterocycles. The Hall–Kier alpha value is -2.77. The van der Waals surface area contributed by atoms with Crippen LogP contribution in [0.5, 0.6) is 0 Å². The van der Waals surface area contributed by atoms with Crippen LogP contribution in [0.1, 0.15) is 72.3 Å². The third kappa shape index (κ3) is 7.61. The van der Waals surface area contributed by atoms with Crippen LogP contribution in [-0.4, -0.2) is 64.7 Å². The number of nitrogens with zero attached hydrogens (tertiary/aromatic N) is 2. The number of hydrogen-bond acceptors (Lipinski definition) is 5. The maximum Gasteiger partial charge on any atom is 0.410 e. The number of nitrogens with one attached hydrogen (secondary N) is 1. The lowest BCUT2D eigenvalue weighted by Crippen LogP contribution is -2.64. The van der Waals surface area contributed by atoms with E-state index >= 15 is 0 Å². The predicted molar refractivity (Wildman–Crippen MR) is 134 cm³/mol. The van der Waals surface area contributed by atoms with Crippen LogP contribution in [0.2, 0.25) is 0 Å². The fraction of sp³-hybridized carbons (Fsp3) is 0.667. The molecule has 0 unspecified atom stereocenters. The Morgan fingerprint density at radius 3 is 2.17 bits per heavy atom. The molecule has 1 saturated carbocycles. The summed E-state index contributed by atoms with van der Waals surface area (Å²) >= 11 is 0. The molecule has 1 N–H and O–H groups in total. The van der Waals surface area contributed by atoms with E-state index < -0.39 is 17.7 Å². The summed E-state index contributed by atoms with van der Waals surface area (Å²) in [5.74, 6) is -0.0267. The largest absolute Gasteiger partial charge is 0.445 e. The van der Waals surface area contributed by atoms with Crippen molar-refractivity contribution in [2.45, 2.75) is 97.1 Å². The van der Waals surface area contributed by atoms with Gasteiger partial charge >= 0.3 is 12.2 Å². The average molecular weight is 488 g/mol. The molecule has 0 bridgehead atoms. The average Bonchev–Trinajstić information content (AvgIpc) is 2.80. The Kier molecular flexibility index (Phi) is 9.03. The second-order valence-electron chi connectivity index (χ2n) is 10.9. The first kappa shape index (κ1) is 26.8. The molecule has 3 atom stereocenters. The monoisotopic (exact) mass is 487 g/mol. The van der Waals surface area contributed by atoms with E-state index in [9.17, 15) is 14.4 Å². The van der Waals surface area contributed by atoms with Gasteiger partial charge in [0.05, 0.1) is 0 Å². The zero-order chi connectivity index (χ0) is 25.6. The lowest BCUT2D eigenvalue weighted by Gasteiger charge is -2.46. The molecule has 3 rings (SSSR count). The highest BCUT2D eigenvalue weighted by atomic mass is 16.6. The van der Waals surface area contributed by atoms with Gasteiger partial charge in [-0.2, -0.15) is 0 Å². The van der Waals surface area contributed by atoms with E-state index in [2.05, 4.69) is 5.32 Å². The lowest BCUT2D eigenvalue weighted by atomic mass is 9.83. The minimum absolute atomic E-state index is 0.0730. The zero-order valence-corrected chi connectivity index (χ0v) is 21.8. The van der Waals surface area contributed by atoms with Crippen molar-refractivity contribution in [1.82, 2.24) is 15.1 Å².